The highest BCUT2D eigenvalue weighted by atomic mass is 16.5. The SMILES string of the molecule is CC(C)(C)Oc1nc(NCCC2CC2)ccc1N. The van der Waals surface area contributed by atoms with Gasteiger partial charge in [-0.1, -0.05) is 12.8 Å². The van der Waals surface area contributed by atoms with E-state index in [1.165, 1.54) is 19.3 Å². The molecule has 0 amide bonds. The molecule has 0 spiro atoms. The lowest BCUT2D eigenvalue weighted by molar-refractivity contribution is 0.125. The Hall–Kier alpha value is -1.45. The molecule has 0 saturated heterocycles. The zero-order valence-electron chi connectivity index (χ0n) is 11.5. The van der Waals surface area contributed by atoms with Crippen molar-refractivity contribution in [2.45, 2.75) is 45.6 Å². The fourth-order valence-electron chi connectivity index (χ4n) is 1.73. The van der Waals surface area contributed by atoms with E-state index in [1.54, 1.807) is 0 Å². The van der Waals surface area contributed by atoms with E-state index in [2.05, 4.69) is 10.3 Å². The Bertz CT molecular complexity index is 408. The molecule has 18 heavy (non-hydrogen) atoms. The second-order valence-corrected chi connectivity index (χ2v) is 5.96. The van der Waals surface area contributed by atoms with Crippen LogP contribution in [0.2, 0.25) is 0 Å². The van der Waals surface area contributed by atoms with Gasteiger partial charge in [-0.25, -0.2) is 0 Å². The smallest absolute Gasteiger partial charge is 0.239 e. The molecule has 3 N–H and O–H groups in total. The van der Waals surface area contributed by atoms with Crippen LogP contribution in [-0.4, -0.2) is 17.1 Å². The van der Waals surface area contributed by atoms with Gasteiger partial charge in [-0.3, -0.25) is 0 Å². The highest BCUT2D eigenvalue weighted by Crippen LogP contribution is 2.32. The first-order chi connectivity index (χ1) is 8.44. The molecule has 0 bridgehead atoms. The highest BCUT2D eigenvalue weighted by molar-refractivity contribution is 5.53. The van der Waals surface area contributed by atoms with Crippen LogP contribution in [0.5, 0.6) is 5.88 Å². The normalized spacial score (nSPS) is 15.5. The molecular formula is C14H23N3O. The van der Waals surface area contributed by atoms with Gasteiger partial charge in [-0.15, -0.1) is 0 Å². The van der Waals surface area contributed by atoms with Crippen LogP contribution in [-0.2, 0) is 0 Å². The van der Waals surface area contributed by atoms with E-state index >= 15 is 0 Å². The maximum Gasteiger partial charge on any atom is 0.239 e. The average Bonchev–Trinajstić information content (AvgIpc) is 3.05. The minimum atomic E-state index is -0.284. The molecule has 1 saturated carbocycles. The summed E-state index contributed by atoms with van der Waals surface area (Å²) in [7, 11) is 0. The Morgan fingerprint density at radius 3 is 2.72 bits per heavy atom. The van der Waals surface area contributed by atoms with Crippen molar-refractivity contribution in [3.63, 3.8) is 0 Å². The Balaban J connectivity index is 1.95. The zero-order valence-corrected chi connectivity index (χ0v) is 11.5. The third-order valence-electron chi connectivity index (χ3n) is 2.85. The topological polar surface area (TPSA) is 60.2 Å². The molecule has 4 nitrogen and oxygen atoms in total. The number of hydrogen-bond donors (Lipinski definition) is 2. The molecule has 1 aromatic rings. The van der Waals surface area contributed by atoms with Crippen LogP contribution in [0.15, 0.2) is 12.1 Å². The molecule has 0 radical (unpaired) electrons. The minimum absolute atomic E-state index is 0.284. The number of hydrogen-bond acceptors (Lipinski definition) is 4. The summed E-state index contributed by atoms with van der Waals surface area (Å²) in [6.07, 6.45) is 3.99. The zero-order chi connectivity index (χ0) is 13.2. The predicted molar refractivity (Wildman–Crippen MR) is 74.9 cm³/mol. The molecule has 4 heteroatoms. The largest absolute Gasteiger partial charge is 0.470 e. The lowest BCUT2D eigenvalue weighted by atomic mass is 10.2. The number of nitrogens with two attached hydrogens (primary N) is 1. The summed E-state index contributed by atoms with van der Waals surface area (Å²) in [5.74, 6) is 2.28. The Labute approximate surface area is 109 Å². The van der Waals surface area contributed by atoms with E-state index in [4.69, 9.17) is 10.5 Å². The summed E-state index contributed by atoms with van der Waals surface area (Å²) in [6.45, 7) is 6.93. The van der Waals surface area contributed by atoms with E-state index < -0.39 is 0 Å². The number of nitrogens with zero attached hydrogens (tertiary/aromatic N) is 1. The summed E-state index contributed by atoms with van der Waals surface area (Å²) in [6, 6.07) is 3.74. The minimum Gasteiger partial charge on any atom is -0.470 e. The van der Waals surface area contributed by atoms with Gasteiger partial charge >= 0.3 is 0 Å². The molecule has 0 atom stereocenters. The van der Waals surface area contributed by atoms with Crippen molar-refractivity contribution in [1.29, 1.82) is 0 Å². The van der Waals surface area contributed by atoms with Crippen molar-refractivity contribution >= 4 is 11.5 Å². The number of ether oxygens (including phenoxy) is 1. The van der Waals surface area contributed by atoms with E-state index in [0.717, 1.165) is 18.3 Å². The predicted octanol–water partition coefficient (Wildman–Crippen LogP) is 3.05. The first-order valence-electron chi connectivity index (χ1n) is 6.63. The van der Waals surface area contributed by atoms with Crippen molar-refractivity contribution in [2.24, 2.45) is 5.92 Å². The third kappa shape index (κ3) is 4.09. The molecule has 100 valence electrons. The summed E-state index contributed by atoms with van der Waals surface area (Å²) in [4.78, 5) is 4.42. The van der Waals surface area contributed by atoms with Crippen molar-refractivity contribution in [1.82, 2.24) is 4.98 Å². The Morgan fingerprint density at radius 2 is 2.11 bits per heavy atom. The molecule has 0 aliphatic heterocycles. The maximum absolute atomic E-state index is 5.87. The molecule has 1 heterocycles. The van der Waals surface area contributed by atoms with Gasteiger partial charge in [0.25, 0.3) is 0 Å². The van der Waals surface area contributed by atoms with E-state index in [0.29, 0.717) is 11.6 Å². The van der Waals surface area contributed by atoms with Crippen LogP contribution in [0.1, 0.15) is 40.0 Å². The van der Waals surface area contributed by atoms with E-state index in [-0.39, 0.29) is 5.60 Å². The van der Waals surface area contributed by atoms with Gasteiger partial charge in [0, 0.05) is 6.54 Å². The van der Waals surface area contributed by atoms with Gasteiger partial charge < -0.3 is 15.8 Å². The maximum atomic E-state index is 5.87. The number of anilines is 2. The van der Waals surface area contributed by atoms with Gasteiger partial charge in [0.2, 0.25) is 5.88 Å². The lowest BCUT2D eigenvalue weighted by Gasteiger charge is -2.21. The Morgan fingerprint density at radius 1 is 1.39 bits per heavy atom. The molecule has 2 rings (SSSR count). The van der Waals surface area contributed by atoms with Crippen LogP contribution in [0.4, 0.5) is 11.5 Å². The second kappa shape index (κ2) is 5.04. The standard InChI is InChI=1S/C14H23N3O/c1-14(2,3)18-13-11(15)6-7-12(17-13)16-9-8-10-4-5-10/h6-7,10H,4-5,8-9,15H2,1-3H3,(H,16,17). The van der Waals surface area contributed by atoms with Gasteiger partial charge in [-0.05, 0) is 45.2 Å². The van der Waals surface area contributed by atoms with Gasteiger partial charge in [0.05, 0.1) is 5.69 Å². The lowest BCUT2D eigenvalue weighted by Crippen LogP contribution is -2.24. The molecule has 0 aromatic carbocycles. The number of nitrogen functional groups attached to an aromatic ring is 1. The third-order valence-corrected chi connectivity index (χ3v) is 2.85. The first kappa shape index (κ1) is 13.0. The van der Waals surface area contributed by atoms with Gasteiger partial charge in [0.1, 0.15) is 11.4 Å². The van der Waals surface area contributed by atoms with Crippen molar-refractivity contribution < 1.29 is 4.74 Å². The van der Waals surface area contributed by atoms with Crippen LogP contribution in [0.3, 0.4) is 0 Å². The summed E-state index contributed by atoms with van der Waals surface area (Å²) in [5, 5.41) is 3.32. The van der Waals surface area contributed by atoms with Gasteiger partial charge in [0.15, 0.2) is 0 Å². The number of aromatic nitrogens is 1. The summed E-state index contributed by atoms with van der Waals surface area (Å²) >= 11 is 0. The molecule has 1 aromatic heterocycles. The van der Waals surface area contributed by atoms with Crippen LogP contribution in [0.25, 0.3) is 0 Å². The highest BCUT2D eigenvalue weighted by Gasteiger charge is 2.20. The van der Waals surface area contributed by atoms with Crippen molar-refractivity contribution in [2.75, 3.05) is 17.6 Å². The van der Waals surface area contributed by atoms with Crippen LogP contribution >= 0.6 is 0 Å². The van der Waals surface area contributed by atoms with Crippen molar-refractivity contribution in [3.8, 4) is 5.88 Å². The quantitative estimate of drug-likeness (QED) is 0.842. The Kier molecular flexibility index (Phi) is 3.64. The average molecular weight is 249 g/mol. The number of nitrogens with one attached hydrogen (secondary N) is 1. The second-order valence-electron chi connectivity index (χ2n) is 5.96. The summed E-state index contributed by atoms with van der Waals surface area (Å²) < 4.78 is 5.74. The fraction of sp³-hybridized carbons (Fsp3) is 0.643. The molecule has 0 unspecified atom stereocenters. The number of rotatable bonds is 5. The van der Waals surface area contributed by atoms with E-state index in [1.807, 2.05) is 32.9 Å². The first-order valence-corrected chi connectivity index (χ1v) is 6.63. The van der Waals surface area contributed by atoms with Crippen LogP contribution in [0, 0.1) is 5.92 Å². The monoisotopic (exact) mass is 249 g/mol. The van der Waals surface area contributed by atoms with Crippen molar-refractivity contribution in [3.05, 3.63) is 12.1 Å². The van der Waals surface area contributed by atoms with Crippen LogP contribution < -0.4 is 15.8 Å². The number of pyridine rings is 1. The summed E-state index contributed by atoms with van der Waals surface area (Å²) in [5.41, 5.74) is 6.17. The fourth-order valence-corrected chi connectivity index (χ4v) is 1.73. The molecule has 1 aliphatic carbocycles. The molecular weight excluding hydrogens is 226 g/mol. The van der Waals surface area contributed by atoms with Gasteiger partial charge in [-0.2, -0.15) is 4.98 Å². The molecule has 1 aliphatic rings. The molecule has 1 fully saturated rings. The van der Waals surface area contributed by atoms with E-state index in [9.17, 15) is 0 Å².